The van der Waals surface area contributed by atoms with E-state index in [0.29, 0.717) is 5.25 Å². The number of amides is 1. The standard InChI is InChI=1S/C10H19NOS/c1-3-8(2)13-9-6-4-5-7-11-10(9)12/h8-9H,3-7H2,1-2H3,(H,11,12). The Hall–Kier alpha value is -0.180. The Kier molecular flexibility index (Phi) is 4.64. The van der Waals surface area contributed by atoms with Crippen molar-refractivity contribution in [1.29, 1.82) is 0 Å². The van der Waals surface area contributed by atoms with Gasteiger partial charge in [-0.1, -0.05) is 20.3 Å². The first-order chi connectivity index (χ1) is 6.24. The van der Waals surface area contributed by atoms with Crippen LogP contribution in [0, 0.1) is 0 Å². The van der Waals surface area contributed by atoms with Crippen LogP contribution in [-0.2, 0) is 4.79 Å². The van der Waals surface area contributed by atoms with Crippen molar-refractivity contribution in [2.24, 2.45) is 0 Å². The molecule has 0 aromatic heterocycles. The molecule has 1 fully saturated rings. The molecule has 1 saturated heterocycles. The summed E-state index contributed by atoms with van der Waals surface area (Å²) in [5, 5.41) is 3.78. The topological polar surface area (TPSA) is 29.1 Å². The second-order valence-corrected chi connectivity index (χ2v) is 5.28. The molecule has 13 heavy (non-hydrogen) atoms. The van der Waals surface area contributed by atoms with Gasteiger partial charge in [-0.3, -0.25) is 4.79 Å². The first-order valence-electron chi connectivity index (χ1n) is 5.17. The molecule has 1 aliphatic rings. The lowest BCUT2D eigenvalue weighted by atomic mass is 10.2. The van der Waals surface area contributed by atoms with Crippen molar-refractivity contribution >= 4 is 17.7 Å². The van der Waals surface area contributed by atoms with Gasteiger partial charge in [0, 0.05) is 11.8 Å². The number of thioether (sulfide) groups is 1. The van der Waals surface area contributed by atoms with Crippen LogP contribution < -0.4 is 5.32 Å². The summed E-state index contributed by atoms with van der Waals surface area (Å²) >= 11 is 1.83. The van der Waals surface area contributed by atoms with Gasteiger partial charge < -0.3 is 5.32 Å². The third-order valence-electron chi connectivity index (χ3n) is 2.46. The van der Waals surface area contributed by atoms with Gasteiger partial charge in [-0.2, -0.15) is 0 Å². The molecule has 0 aromatic rings. The summed E-state index contributed by atoms with van der Waals surface area (Å²) in [4.78, 5) is 11.5. The molecular formula is C10H19NOS. The van der Waals surface area contributed by atoms with Crippen LogP contribution in [0.25, 0.3) is 0 Å². The van der Waals surface area contributed by atoms with Crippen molar-refractivity contribution in [2.45, 2.75) is 50.0 Å². The van der Waals surface area contributed by atoms with Crippen LogP contribution in [0.15, 0.2) is 0 Å². The maximum absolute atomic E-state index is 11.5. The predicted molar refractivity (Wildman–Crippen MR) is 58.0 cm³/mol. The molecular weight excluding hydrogens is 182 g/mol. The summed E-state index contributed by atoms with van der Waals surface area (Å²) in [5.74, 6) is 0.253. The normalized spacial score (nSPS) is 26.3. The first kappa shape index (κ1) is 10.9. The molecule has 1 heterocycles. The molecule has 1 amide bonds. The van der Waals surface area contributed by atoms with Gasteiger partial charge in [-0.05, 0) is 19.3 Å². The molecule has 76 valence electrons. The Balaban J connectivity index is 2.40. The van der Waals surface area contributed by atoms with E-state index in [9.17, 15) is 4.79 Å². The number of carbonyl (C=O) groups excluding carboxylic acids is 1. The summed E-state index contributed by atoms with van der Waals surface area (Å²) in [6, 6.07) is 0. The van der Waals surface area contributed by atoms with Crippen LogP contribution in [0.5, 0.6) is 0 Å². The lowest BCUT2D eigenvalue weighted by Gasteiger charge is -2.16. The van der Waals surface area contributed by atoms with E-state index in [4.69, 9.17) is 0 Å². The smallest absolute Gasteiger partial charge is 0.233 e. The average molecular weight is 201 g/mol. The fourth-order valence-electron chi connectivity index (χ4n) is 1.42. The monoisotopic (exact) mass is 201 g/mol. The van der Waals surface area contributed by atoms with Crippen molar-refractivity contribution < 1.29 is 4.79 Å². The van der Waals surface area contributed by atoms with E-state index in [1.807, 2.05) is 11.8 Å². The maximum Gasteiger partial charge on any atom is 0.233 e. The Morgan fingerprint density at radius 3 is 3.08 bits per heavy atom. The van der Waals surface area contributed by atoms with E-state index >= 15 is 0 Å². The maximum atomic E-state index is 11.5. The van der Waals surface area contributed by atoms with Gasteiger partial charge in [0.25, 0.3) is 0 Å². The molecule has 0 aliphatic carbocycles. The van der Waals surface area contributed by atoms with Gasteiger partial charge in [0.05, 0.1) is 5.25 Å². The zero-order chi connectivity index (χ0) is 9.68. The minimum atomic E-state index is 0.206. The average Bonchev–Trinajstić information content (AvgIpc) is 2.32. The van der Waals surface area contributed by atoms with Gasteiger partial charge in [-0.15, -0.1) is 11.8 Å². The zero-order valence-corrected chi connectivity index (χ0v) is 9.32. The number of rotatable bonds is 3. The second-order valence-electron chi connectivity index (χ2n) is 3.63. The van der Waals surface area contributed by atoms with Crippen LogP contribution in [0.3, 0.4) is 0 Å². The highest BCUT2D eigenvalue weighted by atomic mass is 32.2. The fourth-order valence-corrected chi connectivity index (χ4v) is 2.68. The zero-order valence-electron chi connectivity index (χ0n) is 8.51. The third kappa shape index (κ3) is 3.59. The second kappa shape index (κ2) is 5.53. The molecule has 3 heteroatoms. The first-order valence-corrected chi connectivity index (χ1v) is 6.11. The molecule has 0 saturated carbocycles. The lowest BCUT2D eigenvalue weighted by molar-refractivity contribution is -0.120. The molecule has 2 atom stereocenters. The van der Waals surface area contributed by atoms with E-state index < -0.39 is 0 Å². The van der Waals surface area contributed by atoms with Crippen LogP contribution in [0.2, 0.25) is 0 Å². The summed E-state index contributed by atoms with van der Waals surface area (Å²) < 4.78 is 0. The highest BCUT2D eigenvalue weighted by molar-refractivity contribution is 8.01. The molecule has 1 rings (SSSR count). The van der Waals surface area contributed by atoms with Gasteiger partial charge in [0.15, 0.2) is 0 Å². The summed E-state index contributed by atoms with van der Waals surface area (Å²) in [6.07, 6.45) is 4.53. The Bertz CT molecular complexity index is 172. The highest BCUT2D eigenvalue weighted by Gasteiger charge is 2.22. The Morgan fingerprint density at radius 2 is 2.38 bits per heavy atom. The molecule has 1 N–H and O–H groups in total. The van der Waals surface area contributed by atoms with Crippen molar-refractivity contribution in [1.82, 2.24) is 5.32 Å². The van der Waals surface area contributed by atoms with E-state index in [1.54, 1.807) is 0 Å². The van der Waals surface area contributed by atoms with E-state index in [-0.39, 0.29) is 11.2 Å². The van der Waals surface area contributed by atoms with Crippen molar-refractivity contribution in [2.75, 3.05) is 6.54 Å². The van der Waals surface area contributed by atoms with E-state index in [2.05, 4.69) is 19.2 Å². The quantitative estimate of drug-likeness (QED) is 0.758. The van der Waals surface area contributed by atoms with Crippen molar-refractivity contribution in [3.8, 4) is 0 Å². The summed E-state index contributed by atoms with van der Waals surface area (Å²) in [5.41, 5.74) is 0. The molecule has 0 radical (unpaired) electrons. The molecule has 0 spiro atoms. The number of hydrogen-bond donors (Lipinski definition) is 1. The number of nitrogens with one attached hydrogen (secondary N) is 1. The van der Waals surface area contributed by atoms with E-state index in [0.717, 1.165) is 25.8 Å². The molecule has 2 nitrogen and oxygen atoms in total. The van der Waals surface area contributed by atoms with E-state index in [1.165, 1.54) is 6.42 Å². The van der Waals surface area contributed by atoms with Gasteiger partial charge >= 0.3 is 0 Å². The number of hydrogen-bond acceptors (Lipinski definition) is 2. The minimum Gasteiger partial charge on any atom is -0.355 e. The fraction of sp³-hybridized carbons (Fsp3) is 0.900. The minimum absolute atomic E-state index is 0.206. The van der Waals surface area contributed by atoms with Crippen LogP contribution in [0.4, 0.5) is 0 Å². The molecule has 2 unspecified atom stereocenters. The molecule has 0 aromatic carbocycles. The Labute approximate surface area is 84.9 Å². The molecule has 0 bridgehead atoms. The third-order valence-corrected chi connectivity index (χ3v) is 4.03. The highest BCUT2D eigenvalue weighted by Crippen LogP contribution is 2.25. The van der Waals surface area contributed by atoms with Crippen LogP contribution in [0.1, 0.15) is 39.5 Å². The van der Waals surface area contributed by atoms with Crippen LogP contribution >= 0.6 is 11.8 Å². The lowest BCUT2D eigenvalue weighted by Crippen LogP contribution is -2.31. The van der Waals surface area contributed by atoms with Gasteiger partial charge in [0.1, 0.15) is 0 Å². The Morgan fingerprint density at radius 1 is 1.62 bits per heavy atom. The van der Waals surface area contributed by atoms with Crippen molar-refractivity contribution in [3.63, 3.8) is 0 Å². The molecule has 1 aliphatic heterocycles. The number of carbonyl (C=O) groups is 1. The largest absolute Gasteiger partial charge is 0.355 e. The predicted octanol–water partition coefficient (Wildman–Crippen LogP) is 2.19. The summed E-state index contributed by atoms with van der Waals surface area (Å²) in [7, 11) is 0. The van der Waals surface area contributed by atoms with Crippen molar-refractivity contribution in [3.05, 3.63) is 0 Å². The SMILES string of the molecule is CCC(C)SC1CCCCNC1=O. The summed E-state index contributed by atoms with van der Waals surface area (Å²) in [6.45, 7) is 5.24. The van der Waals surface area contributed by atoms with Crippen LogP contribution in [-0.4, -0.2) is 23.0 Å². The van der Waals surface area contributed by atoms with Gasteiger partial charge in [0.2, 0.25) is 5.91 Å². The van der Waals surface area contributed by atoms with Gasteiger partial charge in [-0.25, -0.2) is 0 Å².